The van der Waals surface area contributed by atoms with Crippen LogP contribution in [0.2, 0.25) is 5.02 Å². The molecule has 1 aromatic carbocycles. The molecule has 0 aromatic heterocycles. The van der Waals surface area contributed by atoms with Crippen molar-refractivity contribution in [2.24, 2.45) is 0 Å². The summed E-state index contributed by atoms with van der Waals surface area (Å²) in [6, 6.07) is 5.71. The molecule has 0 heterocycles. The maximum Gasteiger partial charge on any atom is 0.0819 e. The summed E-state index contributed by atoms with van der Waals surface area (Å²) < 4.78 is 0.961. The van der Waals surface area contributed by atoms with Crippen molar-refractivity contribution in [2.45, 2.75) is 31.3 Å². The van der Waals surface area contributed by atoms with Crippen molar-refractivity contribution in [1.82, 2.24) is 0 Å². The molecule has 1 saturated carbocycles. The first-order valence-corrected chi connectivity index (χ1v) is 6.67. The first-order valence-electron chi connectivity index (χ1n) is 5.50. The second-order valence-corrected chi connectivity index (χ2v) is 5.73. The average molecular weight is 305 g/mol. The van der Waals surface area contributed by atoms with Crippen molar-refractivity contribution in [3.8, 4) is 0 Å². The highest BCUT2D eigenvalue weighted by Gasteiger charge is 2.30. The molecule has 1 aromatic rings. The molecule has 0 atom stereocenters. The molecule has 0 amide bonds. The fourth-order valence-corrected chi connectivity index (χ4v) is 2.84. The minimum atomic E-state index is -0.545. The molecule has 2 rings (SSSR count). The maximum atomic E-state index is 10.2. The third kappa shape index (κ3) is 2.90. The fourth-order valence-electron chi connectivity index (χ4n) is 2.10. The van der Waals surface area contributed by atoms with E-state index in [-0.39, 0.29) is 0 Å². The Hall–Kier alpha value is -0.250. The van der Waals surface area contributed by atoms with Crippen LogP contribution in [0.4, 0.5) is 5.69 Å². The van der Waals surface area contributed by atoms with Crippen molar-refractivity contribution in [3.63, 3.8) is 0 Å². The summed E-state index contributed by atoms with van der Waals surface area (Å²) in [7, 11) is 0. The van der Waals surface area contributed by atoms with E-state index in [0.29, 0.717) is 11.6 Å². The zero-order valence-electron chi connectivity index (χ0n) is 8.97. The second kappa shape index (κ2) is 4.94. The van der Waals surface area contributed by atoms with Crippen molar-refractivity contribution >= 4 is 33.2 Å². The van der Waals surface area contributed by atoms with Gasteiger partial charge in [0.25, 0.3) is 0 Å². The standard InChI is InChI=1S/C12H15BrClNO/c13-9-3-4-11(10(14)7-9)15-8-12(16)5-1-2-6-12/h3-4,7,15-16H,1-2,5-6,8H2. The first kappa shape index (κ1) is 12.2. The third-order valence-corrected chi connectivity index (χ3v) is 3.88. The van der Waals surface area contributed by atoms with Crippen LogP contribution in [-0.2, 0) is 0 Å². The van der Waals surface area contributed by atoms with E-state index in [9.17, 15) is 5.11 Å². The highest BCUT2D eigenvalue weighted by Crippen LogP contribution is 2.31. The predicted octanol–water partition coefficient (Wildman–Crippen LogP) is 3.82. The van der Waals surface area contributed by atoms with E-state index in [0.717, 1.165) is 35.8 Å². The quantitative estimate of drug-likeness (QED) is 0.890. The maximum absolute atomic E-state index is 10.2. The van der Waals surface area contributed by atoms with E-state index in [1.165, 1.54) is 0 Å². The minimum Gasteiger partial charge on any atom is -0.388 e. The SMILES string of the molecule is OC1(CNc2ccc(Br)cc2Cl)CCCC1. The summed E-state index contributed by atoms with van der Waals surface area (Å²) in [5, 5.41) is 14.1. The van der Waals surface area contributed by atoms with E-state index < -0.39 is 5.60 Å². The van der Waals surface area contributed by atoms with Gasteiger partial charge in [0, 0.05) is 11.0 Å². The monoisotopic (exact) mass is 303 g/mol. The van der Waals surface area contributed by atoms with Crippen molar-refractivity contribution in [1.29, 1.82) is 0 Å². The Labute approximate surface area is 109 Å². The van der Waals surface area contributed by atoms with Crippen LogP contribution in [0.15, 0.2) is 22.7 Å². The Morgan fingerprint density at radius 3 is 2.69 bits per heavy atom. The third-order valence-electron chi connectivity index (χ3n) is 3.07. The zero-order valence-corrected chi connectivity index (χ0v) is 11.3. The molecule has 0 saturated heterocycles. The lowest BCUT2D eigenvalue weighted by Crippen LogP contribution is -2.33. The summed E-state index contributed by atoms with van der Waals surface area (Å²) >= 11 is 9.45. The van der Waals surface area contributed by atoms with E-state index >= 15 is 0 Å². The highest BCUT2D eigenvalue weighted by molar-refractivity contribution is 9.10. The van der Waals surface area contributed by atoms with Crippen LogP contribution in [0.5, 0.6) is 0 Å². The summed E-state index contributed by atoms with van der Waals surface area (Å²) in [5.74, 6) is 0. The summed E-state index contributed by atoms with van der Waals surface area (Å²) in [4.78, 5) is 0. The molecule has 0 unspecified atom stereocenters. The number of nitrogens with one attached hydrogen (secondary N) is 1. The van der Waals surface area contributed by atoms with Crippen LogP contribution in [0, 0.1) is 0 Å². The van der Waals surface area contributed by atoms with Crippen LogP contribution < -0.4 is 5.32 Å². The molecule has 1 fully saturated rings. The number of benzene rings is 1. The van der Waals surface area contributed by atoms with Crippen molar-refractivity contribution in [2.75, 3.05) is 11.9 Å². The molecule has 2 N–H and O–H groups in total. The van der Waals surface area contributed by atoms with E-state index in [2.05, 4.69) is 21.2 Å². The molecule has 0 bridgehead atoms. The number of hydrogen-bond donors (Lipinski definition) is 2. The van der Waals surface area contributed by atoms with Gasteiger partial charge < -0.3 is 10.4 Å². The molecular weight excluding hydrogens is 289 g/mol. The molecular formula is C12H15BrClNO. The van der Waals surface area contributed by atoms with Crippen LogP contribution in [0.1, 0.15) is 25.7 Å². The van der Waals surface area contributed by atoms with Gasteiger partial charge in [0.2, 0.25) is 0 Å². The Bertz CT molecular complexity index is 377. The molecule has 1 aliphatic rings. The zero-order chi connectivity index (χ0) is 11.6. The normalized spacial score (nSPS) is 18.7. The highest BCUT2D eigenvalue weighted by atomic mass is 79.9. The van der Waals surface area contributed by atoms with Crippen LogP contribution in [0.3, 0.4) is 0 Å². The Morgan fingerprint density at radius 2 is 2.06 bits per heavy atom. The van der Waals surface area contributed by atoms with Gasteiger partial charge in [-0.05, 0) is 31.0 Å². The van der Waals surface area contributed by atoms with Gasteiger partial charge in [-0.15, -0.1) is 0 Å². The molecule has 0 spiro atoms. The lowest BCUT2D eigenvalue weighted by Gasteiger charge is -2.23. The minimum absolute atomic E-state index is 0.545. The molecule has 4 heteroatoms. The molecule has 1 aliphatic carbocycles. The second-order valence-electron chi connectivity index (χ2n) is 4.41. The van der Waals surface area contributed by atoms with Gasteiger partial charge in [-0.2, -0.15) is 0 Å². The van der Waals surface area contributed by atoms with E-state index in [4.69, 9.17) is 11.6 Å². The molecule has 0 aliphatic heterocycles. The van der Waals surface area contributed by atoms with Crippen LogP contribution in [0.25, 0.3) is 0 Å². The molecule has 16 heavy (non-hydrogen) atoms. The van der Waals surface area contributed by atoms with Crippen molar-refractivity contribution in [3.05, 3.63) is 27.7 Å². The summed E-state index contributed by atoms with van der Waals surface area (Å²) in [6.45, 7) is 0.578. The smallest absolute Gasteiger partial charge is 0.0819 e. The summed E-state index contributed by atoms with van der Waals surface area (Å²) in [6.07, 6.45) is 4.00. The number of aliphatic hydroxyl groups is 1. The van der Waals surface area contributed by atoms with Gasteiger partial charge in [0.05, 0.1) is 16.3 Å². The van der Waals surface area contributed by atoms with Gasteiger partial charge in [0.1, 0.15) is 0 Å². The lowest BCUT2D eigenvalue weighted by atomic mass is 10.0. The first-order chi connectivity index (χ1) is 7.59. The number of anilines is 1. The van der Waals surface area contributed by atoms with Crippen LogP contribution >= 0.6 is 27.5 Å². The fraction of sp³-hybridized carbons (Fsp3) is 0.500. The topological polar surface area (TPSA) is 32.3 Å². The van der Waals surface area contributed by atoms with Gasteiger partial charge in [-0.25, -0.2) is 0 Å². The van der Waals surface area contributed by atoms with Crippen molar-refractivity contribution < 1.29 is 5.11 Å². The summed E-state index contributed by atoms with van der Waals surface area (Å²) in [5.41, 5.74) is 0.335. The lowest BCUT2D eigenvalue weighted by molar-refractivity contribution is 0.0615. The van der Waals surface area contributed by atoms with E-state index in [1.54, 1.807) is 0 Å². The predicted molar refractivity (Wildman–Crippen MR) is 71.1 cm³/mol. The molecule has 2 nitrogen and oxygen atoms in total. The van der Waals surface area contributed by atoms with Gasteiger partial charge >= 0.3 is 0 Å². The van der Waals surface area contributed by atoms with Gasteiger partial charge in [-0.1, -0.05) is 40.4 Å². The largest absolute Gasteiger partial charge is 0.388 e. The molecule has 88 valence electrons. The number of hydrogen-bond acceptors (Lipinski definition) is 2. The Balaban J connectivity index is 1.99. The average Bonchev–Trinajstić information content (AvgIpc) is 2.64. The number of rotatable bonds is 3. The molecule has 0 radical (unpaired) electrons. The number of halogens is 2. The Morgan fingerprint density at radius 1 is 1.38 bits per heavy atom. The van der Waals surface area contributed by atoms with E-state index in [1.807, 2.05) is 18.2 Å². The van der Waals surface area contributed by atoms with Gasteiger partial charge in [0.15, 0.2) is 0 Å². The Kier molecular flexibility index (Phi) is 3.77. The van der Waals surface area contributed by atoms with Crippen LogP contribution in [-0.4, -0.2) is 17.3 Å². The van der Waals surface area contributed by atoms with Gasteiger partial charge in [-0.3, -0.25) is 0 Å².